The normalized spacial score (nSPS) is 10.4. The average molecular weight is 264 g/mol. The third-order valence-electron chi connectivity index (χ3n) is 1.92. The Morgan fingerprint density at radius 2 is 2.00 bits per heavy atom. The summed E-state index contributed by atoms with van der Waals surface area (Å²) < 4.78 is 10.2. The molecule has 5 heteroatoms. The van der Waals surface area contributed by atoms with Crippen molar-refractivity contribution < 1.29 is 9.47 Å². The first-order valence-corrected chi connectivity index (χ1v) is 5.75. The van der Waals surface area contributed by atoms with Gasteiger partial charge in [-0.05, 0) is 18.2 Å². The molecule has 0 atom stereocenters. The molecular weight excluding hydrogens is 249 g/mol. The Hall–Kier alpha value is -0.480. The molecule has 0 saturated heterocycles. The first-order chi connectivity index (χ1) is 7.74. The zero-order valence-corrected chi connectivity index (χ0v) is 10.6. The number of anilines is 1. The topological polar surface area (TPSA) is 30.5 Å². The molecule has 1 aromatic carbocycles. The number of nitrogens with one attached hydrogen (secondary N) is 1. The van der Waals surface area contributed by atoms with E-state index in [4.69, 9.17) is 32.7 Å². The number of hydrogen-bond acceptors (Lipinski definition) is 3. The highest BCUT2D eigenvalue weighted by Crippen LogP contribution is 2.24. The van der Waals surface area contributed by atoms with E-state index >= 15 is 0 Å². The lowest BCUT2D eigenvalue weighted by atomic mass is 10.3. The van der Waals surface area contributed by atoms with E-state index in [2.05, 4.69) is 5.32 Å². The second-order valence-corrected chi connectivity index (χ2v) is 4.00. The van der Waals surface area contributed by atoms with E-state index in [0.29, 0.717) is 36.4 Å². The second-order valence-electron chi connectivity index (χ2n) is 3.16. The Kier molecular flexibility index (Phi) is 6.57. The lowest BCUT2D eigenvalue weighted by molar-refractivity contribution is 0.0759. The SMILES string of the molecule is COCCOCCNc1cc(Cl)ccc1Cl. The zero-order valence-electron chi connectivity index (χ0n) is 9.13. The van der Waals surface area contributed by atoms with Crippen LogP contribution < -0.4 is 5.32 Å². The fraction of sp³-hybridized carbons (Fsp3) is 0.455. The molecule has 0 fully saturated rings. The van der Waals surface area contributed by atoms with Gasteiger partial charge in [0.25, 0.3) is 0 Å². The summed E-state index contributed by atoms with van der Waals surface area (Å²) >= 11 is 11.8. The monoisotopic (exact) mass is 263 g/mol. The Morgan fingerprint density at radius 3 is 2.75 bits per heavy atom. The summed E-state index contributed by atoms with van der Waals surface area (Å²) in [5.74, 6) is 0. The van der Waals surface area contributed by atoms with E-state index in [0.717, 1.165) is 5.69 Å². The van der Waals surface area contributed by atoms with Crippen LogP contribution in [0.3, 0.4) is 0 Å². The second kappa shape index (κ2) is 7.74. The van der Waals surface area contributed by atoms with E-state index in [1.165, 1.54) is 0 Å². The Balaban J connectivity index is 2.23. The van der Waals surface area contributed by atoms with Crippen LogP contribution in [0, 0.1) is 0 Å². The van der Waals surface area contributed by atoms with Gasteiger partial charge in [0, 0.05) is 18.7 Å². The van der Waals surface area contributed by atoms with Crippen molar-refractivity contribution in [2.75, 3.05) is 38.8 Å². The molecule has 0 aliphatic carbocycles. The maximum atomic E-state index is 5.98. The minimum atomic E-state index is 0.599. The van der Waals surface area contributed by atoms with Crippen molar-refractivity contribution in [2.24, 2.45) is 0 Å². The summed E-state index contributed by atoms with van der Waals surface area (Å²) in [4.78, 5) is 0. The van der Waals surface area contributed by atoms with Crippen LogP contribution in [-0.4, -0.2) is 33.5 Å². The van der Waals surface area contributed by atoms with Crippen molar-refractivity contribution >= 4 is 28.9 Å². The Morgan fingerprint density at radius 1 is 1.19 bits per heavy atom. The summed E-state index contributed by atoms with van der Waals surface area (Å²) in [5.41, 5.74) is 0.824. The zero-order chi connectivity index (χ0) is 11.8. The van der Waals surface area contributed by atoms with Crippen LogP contribution in [0.5, 0.6) is 0 Å². The summed E-state index contributed by atoms with van der Waals surface area (Å²) in [7, 11) is 1.65. The minimum Gasteiger partial charge on any atom is -0.382 e. The van der Waals surface area contributed by atoms with Gasteiger partial charge in [-0.15, -0.1) is 0 Å². The van der Waals surface area contributed by atoms with Gasteiger partial charge < -0.3 is 14.8 Å². The third-order valence-corrected chi connectivity index (χ3v) is 2.49. The number of hydrogen-bond donors (Lipinski definition) is 1. The van der Waals surface area contributed by atoms with Gasteiger partial charge in [-0.3, -0.25) is 0 Å². The number of halogens is 2. The summed E-state index contributed by atoms with van der Waals surface area (Å²) in [5, 5.41) is 4.46. The molecule has 0 unspecified atom stereocenters. The van der Waals surface area contributed by atoms with Crippen LogP contribution in [0.15, 0.2) is 18.2 Å². The average Bonchev–Trinajstić information content (AvgIpc) is 2.28. The van der Waals surface area contributed by atoms with Gasteiger partial charge in [0.1, 0.15) is 0 Å². The highest BCUT2D eigenvalue weighted by molar-refractivity contribution is 6.35. The molecule has 1 rings (SSSR count). The molecule has 0 spiro atoms. The van der Waals surface area contributed by atoms with Crippen LogP contribution in [0.2, 0.25) is 10.0 Å². The Labute approximate surface area is 106 Å². The van der Waals surface area contributed by atoms with E-state index < -0.39 is 0 Å². The van der Waals surface area contributed by atoms with E-state index in [9.17, 15) is 0 Å². The van der Waals surface area contributed by atoms with Gasteiger partial charge in [0.05, 0.1) is 30.5 Å². The van der Waals surface area contributed by atoms with Gasteiger partial charge in [-0.25, -0.2) is 0 Å². The smallest absolute Gasteiger partial charge is 0.0701 e. The fourth-order valence-electron chi connectivity index (χ4n) is 1.14. The lowest BCUT2D eigenvalue weighted by Crippen LogP contribution is -2.12. The number of rotatable bonds is 7. The van der Waals surface area contributed by atoms with Crippen LogP contribution in [0.4, 0.5) is 5.69 Å². The molecule has 0 bridgehead atoms. The molecule has 0 amide bonds. The number of benzene rings is 1. The molecule has 0 aromatic heterocycles. The summed E-state index contributed by atoms with van der Waals surface area (Å²) in [6.45, 7) is 2.50. The van der Waals surface area contributed by atoms with Crippen molar-refractivity contribution in [1.82, 2.24) is 0 Å². The van der Waals surface area contributed by atoms with Gasteiger partial charge in [0.2, 0.25) is 0 Å². The summed E-state index contributed by atoms with van der Waals surface area (Å²) in [6, 6.07) is 5.31. The first kappa shape index (κ1) is 13.6. The molecule has 90 valence electrons. The molecule has 0 heterocycles. The molecule has 0 saturated carbocycles. The maximum Gasteiger partial charge on any atom is 0.0701 e. The molecule has 1 N–H and O–H groups in total. The molecule has 3 nitrogen and oxygen atoms in total. The molecule has 1 aromatic rings. The standard InChI is InChI=1S/C11H15Cl2NO2/c1-15-6-7-16-5-4-14-11-8-9(12)2-3-10(11)13/h2-3,8,14H,4-7H2,1H3. The van der Waals surface area contributed by atoms with E-state index in [-0.39, 0.29) is 0 Å². The predicted molar refractivity (Wildman–Crippen MR) is 67.6 cm³/mol. The molecule has 0 aliphatic heterocycles. The quantitative estimate of drug-likeness (QED) is 0.768. The minimum absolute atomic E-state index is 0.599. The van der Waals surface area contributed by atoms with Crippen LogP contribution in [-0.2, 0) is 9.47 Å². The van der Waals surface area contributed by atoms with Gasteiger partial charge >= 0.3 is 0 Å². The predicted octanol–water partition coefficient (Wildman–Crippen LogP) is 3.07. The summed E-state index contributed by atoms with van der Waals surface area (Å²) in [6.07, 6.45) is 0. The van der Waals surface area contributed by atoms with Crippen LogP contribution >= 0.6 is 23.2 Å². The third kappa shape index (κ3) is 5.03. The number of methoxy groups -OCH3 is 1. The number of ether oxygens (including phenoxy) is 2. The Bertz CT molecular complexity index is 321. The van der Waals surface area contributed by atoms with Crippen molar-refractivity contribution in [3.8, 4) is 0 Å². The van der Waals surface area contributed by atoms with Gasteiger partial charge in [0.15, 0.2) is 0 Å². The molecule has 16 heavy (non-hydrogen) atoms. The first-order valence-electron chi connectivity index (χ1n) is 4.99. The largest absolute Gasteiger partial charge is 0.382 e. The molecular formula is C11H15Cl2NO2. The van der Waals surface area contributed by atoms with Crippen LogP contribution in [0.1, 0.15) is 0 Å². The van der Waals surface area contributed by atoms with Crippen molar-refractivity contribution in [1.29, 1.82) is 0 Å². The lowest BCUT2D eigenvalue weighted by Gasteiger charge is -2.09. The van der Waals surface area contributed by atoms with Gasteiger partial charge in [-0.2, -0.15) is 0 Å². The highest BCUT2D eigenvalue weighted by Gasteiger charge is 1.99. The van der Waals surface area contributed by atoms with Crippen molar-refractivity contribution in [2.45, 2.75) is 0 Å². The highest BCUT2D eigenvalue weighted by atomic mass is 35.5. The van der Waals surface area contributed by atoms with Crippen molar-refractivity contribution in [3.63, 3.8) is 0 Å². The maximum absolute atomic E-state index is 5.98. The molecule has 0 radical (unpaired) electrons. The van der Waals surface area contributed by atoms with Crippen LogP contribution in [0.25, 0.3) is 0 Å². The van der Waals surface area contributed by atoms with E-state index in [1.807, 2.05) is 0 Å². The molecule has 0 aliphatic rings. The van der Waals surface area contributed by atoms with Gasteiger partial charge in [-0.1, -0.05) is 23.2 Å². The van der Waals surface area contributed by atoms with E-state index in [1.54, 1.807) is 25.3 Å². The fourth-order valence-corrected chi connectivity index (χ4v) is 1.49. The van der Waals surface area contributed by atoms with Crippen molar-refractivity contribution in [3.05, 3.63) is 28.2 Å².